The third-order valence-corrected chi connectivity index (χ3v) is 3.39. The van der Waals surface area contributed by atoms with Gasteiger partial charge in [0.25, 0.3) is 0 Å². The van der Waals surface area contributed by atoms with Crippen molar-refractivity contribution in [2.75, 3.05) is 43.4 Å². The van der Waals surface area contributed by atoms with Crippen molar-refractivity contribution >= 4 is 11.6 Å². The first-order chi connectivity index (χ1) is 9.70. The summed E-state index contributed by atoms with van der Waals surface area (Å²) in [5.41, 5.74) is 0. The molecule has 1 aliphatic rings. The lowest BCUT2D eigenvalue weighted by Crippen LogP contribution is -2.26. The van der Waals surface area contributed by atoms with Crippen molar-refractivity contribution in [3.63, 3.8) is 0 Å². The molecule has 1 aromatic heterocycles. The van der Waals surface area contributed by atoms with Gasteiger partial charge in [0.05, 0.1) is 0 Å². The average Bonchev–Trinajstić information content (AvgIpc) is 2.93. The minimum atomic E-state index is -0.652. The molecular formula is C14H22F2N4. The number of halogens is 2. The summed E-state index contributed by atoms with van der Waals surface area (Å²) in [7, 11) is 0. The Labute approximate surface area is 118 Å². The molecule has 0 atom stereocenters. The number of likely N-dealkylation sites (tertiary alicyclic amines) is 1. The summed E-state index contributed by atoms with van der Waals surface area (Å²) in [6.07, 6.45) is 3.32. The highest BCUT2D eigenvalue weighted by atomic mass is 19.1. The Bertz CT molecular complexity index is 433. The summed E-state index contributed by atoms with van der Waals surface area (Å²) in [4.78, 5) is 6.31. The van der Waals surface area contributed by atoms with E-state index < -0.39 is 11.6 Å². The largest absolute Gasteiger partial charge is 0.368 e. The van der Waals surface area contributed by atoms with Gasteiger partial charge in [-0.05, 0) is 32.4 Å². The minimum Gasteiger partial charge on any atom is -0.368 e. The van der Waals surface area contributed by atoms with Crippen molar-refractivity contribution in [3.05, 3.63) is 17.7 Å². The standard InChI is InChI=1S/C14H22F2N4/c1-2-5-17-13-11(15)10-12(16)14(19-13)18-6-9-20-7-3-4-8-20/h10H,2-9H2,1H3,(H2,17,18,19). The number of hydrogen-bond acceptors (Lipinski definition) is 4. The summed E-state index contributed by atoms with van der Waals surface area (Å²) in [6.45, 7) is 6.26. The normalized spacial score (nSPS) is 15.6. The van der Waals surface area contributed by atoms with Gasteiger partial charge in [0.2, 0.25) is 0 Å². The Hall–Kier alpha value is -1.43. The van der Waals surface area contributed by atoms with Gasteiger partial charge in [-0.2, -0.15) is 0 Å². The molecule has 0 aliphatic carbocycles. The van der Waals surface area contributed by atoms with Crippen LogP contribution in [0.1, 0.15) is 26.2 Å². The number of anilines is 2. The fourth-order valence-corrected chi connectivity index (χ4v) is 2.30. The second-order valence-electron chi connectivity index (χ2n) is 5.05. The van der Waals surface area contributed by atoms with Crippen molar-refractivity contribution in [1.29, 1.82) is 0 Å². The van der Waals surface area contributed by atoms with Crippen LogP contribution in [0.2, 0.25) is 0 Å². The molecular weight excluding hydrogens is 262 g/mol. The molecule has 1 fully saturated rings. The molecule has 20 heavy (non-hydrogen) atoms. The first kappa shape index (κ1) is 15.0. The van der Waals surface area contributed by atoms with Crippen molar-refractivity contribution in [2.24, 2.45) is 0 Å². The predicted molar refractivity (Wildman–Crippen MR) is 77.1 cm³/mol. The molecule has 2 heterocycles. The lowest BCUT2D eigenvalue weighted by Gasteiger charge is -2.16. The van der Waals surface area contributed by atoms with E-state index in [1.54, 1.807) is 0 Å². The average molecular weight is 284 g/mol. The molecule has 112 valence electrons. The first-order valence-corrected chi connectivity index (χ1v) is 7.27. The van der Waals surface area contributed by atoms with Gasteiger partial charge >= 0.3 is 0 Å². The van der Waals surface area contributed by atoms with Crippen molar-refractivity contribution < 1.29 is 8.78 Å². The van der Waals surface area contributed by atoms with E-state index in [1.807, 2.05) is 6.92 Å². The molecule has 0 saturated carbocycles. The molecule has 0 radical (unpaired) electrons. The maximum absolute atomic E-state index is 13.6. The number of rotatable bonds is 7. The quantitative estimate of drug-likeness (QED) is 0.807. The molecule has 2 N–H and O–H groups in total. The lowest BCUT2D eigenvalue weighted by atomic mass is 10.3. The highest BCUT2D eigenvalue weighted by Gasteiger charge is 2.13. The Morgan fingerprint density at radius 3 is 2.30 bits per heavy atom. The van der Waals surface area contributed by atoms with Gasteiger partial charge in [-0.3, -0.25) is 0 Å². The fourth-order valence-electron chi connectivity index (χ4n) is 2.30. The van der Waals surface area contributed by atoms with Crippen LogP contribution in [0.5, 0.6) is 0 Å². The summed E-state index contributed by atoms with van der Waals surface area (Å²) in [5, 5.41) is 5.81. The van der Waals surface area contributed by atoms with Gasteiger partial charge in [0.1, 0.15) is 0 Å². The third-order valence-electron chi connectivity index (χ3n) is 3.39. The maximum Gasteiger partial charge on any atom is 0.168 e. The van der Waals surface area contributed by atoms with Crippen LogP contribution in [0.4, 0.5) is 20.4 Å². The smallest absolute Gasteiger partial charge is 0.168 e. The zero-order chi connectivity index (χ0) is 14.4. The molecule has 0 unspecified atom stereocenters. The van der Waals surface area contributed by atoms with E-state index in [0.29, 0.717) is 13.1 Å². The Morgan fingerprint density at radius 2 is 1.70 bits per heavy atom. The highest BCUT2D eigenvalue weighted by molar-refractivity contribution is 5.47. The molecule has 0 aromatic carbocycles. The number of nitrogens with zero attached hydrogens (tertiary/aromatic N) is 2. The van der Waals surface area contributed by atoms with Crippen LogP contribution in [-0.4, -0.2) is 42.6 Å². The van der Waals surface area contributed by atoms with Gasteiger partial charge in [-0.15, -0.1) is 0 Å². The van der Waals surface area contributed by atoms with Crippen molar-refractivity contribution in [1.82, 2.24) is 9.88 Å². The van der Waals surface area contributed by atoms with Crippen LogP contribution in [0.3, 0.4) is 0 Å². The molecule has 6 heteroatoms. The second-order valence-corrected chi connectivity index (χ2v) is 5.05. The molecule has 2 rings (SSSR count). The number of aromatic nitrogens is 1. The SMILES string of the molecule is CCCNc1nc(NCCN2CCCC2)c(F)cc1F. The third kappa shape index (κ3) is 4.03. The maximum atomic E-state index is 13.6. The molecule has 1 saturated heterocycles. The predicted octanol–water partition coefficient (Wildman–Crippen LogP) is 2.69. The van der Waals surface area contributed by atoms with Crippen LogP contribution >= 0.6 is 0 Å². The lowest BCUT2D eigenvalue weighted by molar-refractivity contribution is 0.352. The summed E-state index contributed by atoms with van der Waals surface area (Å²) in [5.74, 6) is -1.08. The van der Waals surface area contributed by atoms with Gasteiger partial charge in [-0.1, -0.05) is 6.92 Å². The number of nitrogens with one attached hydrogen (secondary N) is 2. The Morgan fingerprint density at radius 1 is 1.10 bits per heavy atom. The van der Waals surface area contributed by atoms with Crippen molar-refractivity contribution in [3.8, 4) is 0 Å². The molecule has 0 amide bonds. The zero-order valence-electron chi connectivity index (χ0n) is 11.9. The van der Waals surface area contributed by atoms with Crippen LogP contribution in [-0.2, 0) is 0 Å². The first-order valence-electron chi connectivity index (χ1n) is 7.27. The number of hydrogen-bond donors (Lipinski definition) is 2. The van der Waals surface area contributed by atoms with Crippen LogP contribution in [0.25, 0.3) is 0 Å². The zero-order valence-corrected chi connectivity index (χ0v) is 11.9. The van der Waals surface area contributed by atoms with Gasteiger partial charge in [0, 0.05) is 25.7 Å². The molecule has 4 nitrogen and oxygen atoms in total. The minimum absolute atomic E-state index is 0.108. The molecule has 0 spiro atoms. The highest BCUT2D eigenvalue weighted by Crippen LogP contribution is 2.19. The van der Waals surface area contributed by atoms with E-state index in [9.17, 15) is 8.78 Å². The van der Waals surface area contributed by atoms with E-state index in [4.69, 9.17) is 0 Å². The van der Waals surface area contributed by atoms with Crippen molar-refractivity contribution in [2.45, 2.75) is 26.2 Å². The topological polar surface area (TPSA) is 40.2 Å². The summed E-state index contributed by atoms with van der Waals surface area (Å²) >= 11 is 0. The number of pyridine rings is 1. The molecule has 0 bridgehead atoms. The molecule has 1 aliphatic heterocycles. The van der Waals surface area contributed by atoms with Crippen LogP contribution < -0.4 is 10.6 Å². The van der Waals surface area contributed by atoms with E-state index in [0.717, 1.165) is 32.1 Å². The molecule has 1 aromatic rings. The van der Waals surface area contributed by atoms with E-state index in [2.05, 4.69) is 20.5 Å². The Balaban J connectivity index is 1.91. The van der Waals surface area contributed by atoms with E-state index in [-0.39, 0.29) is 11.6 Å². The van der Waals surface area contributed by atoms with E-state index >= 15 is 0 Å². The monoisotopic (exact) mass is 284 g/mol. The van der Waals surface area contributed by atoms with Crippen LogP contribution in [0.15, 0.2) is 6.07 Å². The van der Waals surface area contributed by atoms with Gasteiger partial charge < -0.3 is 15.5 Å². The second kappa shape index (κ2) is 7.38. The van der Waals surface area contributed by atoms with Crippen LogP contribution in [0, 0.1) is 11.6 Å². The van der Waals surface area contributed by atoms with Gasteiger partial charge in [-0.25, -0.2) is 13.8 Å². The Kier molecular flexibility index (Phi) is 5.52. The fraction of sp³-hybridized carbons (Fsp3) is 0.643. The van der Waals surface area contributed by atoms with E-state index in [1.165, 1.54) is 12.8 Å². The van der Waals surface area contributed by atoms with Gasteiger partial charge in [0.15, 0.2) is 23.3 Å². The summed E-state index contributed by atoms with van der Waals surface area (Å²) < 4.78 is 27.2. The summed E-state index contributed by atoms with van der Waals surface area (Å²) in [6, 6.07) is 0.878.